The SMILES string of the molecule is C=CCc1ccc(OCC(O)Cn2cnc3sc(-c4ccccc4)cc3c2=O)c(OC)c1. The number of aliphatic hydroxyl groups excluding tert-OH is 1. The molecule has 2 aromatic heterocycles. The number of methoxy groups -OCH3 is 1. The fourth-order valence-corrected chi connectivity index (χ4v) is 4.42. The molecule has 1 unspecified atom stereocenters. The standard InChI is InChI=1S/C25H24N2O4S/c1-3-7-17-10-11-21(22(12-17)30-2)31-15-19(28)14-27-16-26-24-20(25(27)29)13-23(32-24)18-8-5-4-6-9-18/h3-6,8-13,16,19,28H,1,7,14-15H2,2H3. The lowest BCUT2D eigenvalue weighted by atomic mass is 10.1. The van der Waals surface area contributed by atoms with Crippen molar-refractivity contribution in [3.8, 4) is 21.9 Å². The zero-order valence-corrected chi connectivity index (χ0v) is 18.5. The smallest absolute Gasteiger partial charge is 0.262 e. The number of ether oxygens (including phenoxy) is 2. The van der Waals surface area contributed by atoms with Gasteiger partial charge >= 0.3 is 0 Å². The molecule has 4 rings (SSSR count). The van der Waals surface area contributed by atoms with E-state index < -0.39 is 6.10 Å². The largest absolute Gasteiger partial charge is 0.493 e. The molecule has 0 saturated heterocycles. The van der Waals surface area contributed by atoms with Gasteiger partial charge in [0.15, 0.2) is 11.5 Å². The molecule has 1 N–H and O–H groups in total. The average Bonchev–Trinajstić information content (AvgIpc) is 3.26. The van der Waals surface area contributed by atoms with Crippen molar-refractivity contribution in [3.63, 3.8) is 0 Å². The molecule has 0 amide bonds. The summed E-state index contributed by atoms with van der Waals surface area (Å²) in [5.41, 5.74) is 1.92. The highest BCUT2D eigenvalue weighted by molar-refractivity contribution is 7.21. The third-order valence-electron chi connectivity index (χ3n) is 5.02. The summed E-state index contributed by atoms with van der Waals surface area (Å²) in [7, 11) is 1.57. The van der Waals surface area contributed by atoms with Crippen LogP contribution in [-0.2, 0) is 13.0 Å². The highest BCUT2D eigenvalue weighted by atomic mass is 32.1. The van der Waals surface area contributed by atoms with Gasteiger partial charge in [0.2, 0.25) is 0 Å². The van der Waals surface area contributed by atoms with Gasteiger partial charge in [0.05, 0.1) is 25.4 Å². The third kappa shape index (κ3) is 4.74. The second-order valence-corrected chi connectivity index (χ2v) is 8.37. The van der Waals surface area contributed by atoms with Crippen molar-refractivity contribution in [1.82, 2.24) is 9.55 Å². The maximum absolute atomic E-state index is 12.9. The molecular formula is C25H24N2O4S. The Morgan fingerprint density at radius 3 is 2.75 bits per heavy atom. The number of thiophene rings is 1. The molecule has 0 bridgehead atoms. The molecule has 4 aromatic rings. The van der Waals surface area contributed by atoms with E-state index in [2.05, 4.69) is 11.6 Å². The van der Waals surface area contributed by atoms with Crippen LogP contribution in [0.4, 0.5) is 0 Å². The molecule has 0 aliphatic rings. The van der Waals surface area contributed by atoms with Crippen molar-refractivity contribution in [2.75, 3.05) is 13.7 Å². The third-order valence-corrected chi connectivity index (χ3v) is 6.12. The molecule has 6 nitrogen and oxygen atoms in total. The normalized spacial score (nSPS) is 11.9. The van der Waals surface area contributed by atoms with E-state index in [1.807, 2.05) is 54.6 Å². The number of nitrogens with zero attached hydrogens (tertiary/aromatic N) is 2. The summed E-state index contributed by atoms with van der Waals surface area (Å²) in [4.78, 5) is 19.0. The minimum absolute atomic E-state index is 0.0144. The molecule has 2 heterocycles. The van der Waals surface area contributed by atoms with Gasteiger partial charge < -0.3 is 14.6 Å². The highest BCUT2D eigenvalue weighted by Gasteiger charge is 2.14. The molecule has 0 radical (unpaired) electrons. The van der Waals surface area contributed by atoms with E-state index in [9.17, 15) is 9.90 Å². The summed E-state index contributed by atoms with van der Waals surface area (Å²) < 4.78 is 12.6. The van der Waals surface area contributed by atoms with Crippen LogP contribution >= 0.6 is 11.3 Å². The topological polar surface area (TPSA) is 73.6 Å². The fraction of sp³-hybridized carbons (Fsp3) is 0.200. The minimum Gasteiger partial charge on any atom is -0.493 e. The average molecular weight is 449 g/mol. The van der Waals surface area contributed by atoms with E-state index in [1.165, 1.54) is 22.2 Å². The van der Waals surface area contributed by atoms with Gasteiger partial charge in [0.25, 0.3) is 5.56 Å². The molecule has 7 heteroatoms. The molecule has 1 atom stereocenters. The number of rotatable bonds is 9. The maximum Gasteiger partial charge on any atom is 0.262 e. The predicted molar refractivity (Wildman–Crippen MR) is 128 cm³/mol. The van der Waals surface area contributed by atoms with E-state index in [0.29, 0.717) is 21.7 Å². The van der Waals surface area contributed by atoms with Crippen LogP contribution in [0.15, 0.2) is 78.4 Å². The van der Waals surface area contributed by atoms with Crippen LogP contribution in [0.25, 0.3) is 20.7 Å². The molecule has 0 aliphatic carbocycles. The first-order chi connectivity index (χ1) is 15.6. The molecule has 2 aromatic carbocycles. The Bertz CT molecular complexity index is 1280. The minimum atomic E-state index is -0.892. The molecular weight excluding hydrogens is 424 g/mol. The van der Waals surface area contributed by atoms with Gasteiger partial charge in [-0.15, -0.1) is 17.9 Å². The van der Waals surface area contributed by atoms with Crippen molar-refractivity contribution in [3.05, 3.63) is 89.5 Å². The number of hydrogen-bond donors (Lipinski definition) is 1. The zero-order valence-electron chi connectivity index (χ0n) is 17.7. The Morgan fingerprint density at radius 2 is 2.00 bits per heavy atom. The second kappa shape index (κ2) is 9.80. The van der Waals surface area contributed by atoms with Crippen molar-refractivity contribution < 1.29 is 14.6 Å². The second-order valence-electron chi connectivity index (χ2n) is 7.34. The van der Waals surface area contributed by atoms with E-state index in [1.54, 1.807) is 13.2 Å². The number of aliphatic hydroxyl groups is 1. The Labute approximate surface area is 190 Å². The van der Waals surface area contributed by atoms with Gasteiger partial charge in [-0.3, -0.25) is 9.36 Å². The van der Waals surface area contributed by atoms with Gasteiger partial charge in [-0.25, -0.2) is 4.98 Å². The molecule has 0 aliphatic heterocycles. The van der Waals surface area contributed by atoms with Gasteiger partial charge in [-0.2, -0.15) is 0 Å². The number of benzene rings is 2. The molecule has 32 heavy (non-hydrogen) atoms. The van der Waals surface area contributed by atoms with Gasteiger partial charge in [0, 0.05) is 4.88 Å². The predicted octanol–water partition coefficient (Wildman–Crippen LogP) is 4.30. The summed E-state index contributed by atoms with van der Waals surface area (Å²) in [6.07, 6.45) is 3.13. The Hall–Kier alpha value is -3.42. The molecule has 0 fully saturated rings. The van der Waals surface area contributed by atoms with Crippen LogP contribution in [0.5, 0.6) is 11.5 Å². The summed E-state index contributed by atoms with van der Waals surface area (Å²) in [5.74, 6) is 1.12. The summed E-state index contributed by atoms with van der Waals surface area (Å²) in [6.45, 7) is 3.83. The first kappa shape index (κ1) is 21.8. The lowest BCUT2D eigenvalue weighted by Gasteiger charge is -2.16. The zero-order chi connectivity index (χ0) is 22.5. The first-order valence-electron chi connectivity index (χ1n) is 10.2. The highest BCUT2D eigenvalue weighted by Crippen LogP contribution is 2.31. The van der Waals surface area contributed by atoms with E-state index in [4.69, 9.17) is 9.47 Å². The number of fused-ring (bicyclic) bond motifs is 1. The van der Waals surface area contributed by atoms with Crippen LogP contribution in [-0.4, -0.2) is 34.5 Å². The molecule has 0 saturated carbocycles. The quantitative estimate of drug-likeness (QED) is 0.387. The monoisotopic (exact) mass is 448 g/mol. The van der Waals surface area contributed by atoms with Crippen molar-refractivity contribution in [2.24, 2.45) is 0 Å². The number of allylic oxidation sites excluding steroid dienone is 1. The van der Waals surface area contributed by atoms with E-state index in [-0.39, 0.29) is 18.7 Å². The van der Waals surface area contributed by atoms with Crippen molar-refractivity contribution in [1.29, 1.82) is 0 Å². The van der Waals surface area contributed by atoms with Gasteiger partial charge in [-0.1, -0.05) is 42.5 Å². The molecule has 0 spiro atoms. The lowest BCUT2D eigenvalue weighted by Crippen LogP contribution is -2.30. The first-order valence-corrected chi connectivity index (χ1v) is 11.0. The summed E-state index contributed by atoms with van der Waals surface area (Å²) >= 11 is 1.48. The van der Waals surface area contributed by atoms with Crippen LogP contribution in [0.2, 0.25) is 0 Å². The summed E-state index contributed by atoms with van der Waals surface area (Å²) in [5, 5.41) is 11.0. The van der Waals surface area contributed by atoms with Crippen molar-refractivity contribution >= 4 is 21.6 Å². The Morgan fingerprint density at radius 1 is 1.19 bits per heavy atom. The van der Waals surface area contributed by atoms with Crippen LogP contribution in [0, 0.1) is 0 Å². The van der Waals surface area contributed by atoms with Crippen molar-refractivity contribution in [2.45, 2.75) is 19.1 Å². The van der Waals surface area contributed by atoms with E-state index >= 15 is 0 Å². The summed E-state index contributed by atoms with van der Waals surface area (Å²) in [6, 6.07) is 17.4. The Balaban J connectivity index is 1.47. The van der Waals surface area contributed by atoms with Gasteiger partial charge in [-0.05, 0) is 35.7 Å². The molecule has 164 valence electrons. The number of aromatic nitrogens is 2. The number of hydrogen-bond acceptors (Lipinski definition) is 6. The maximum atomic E-state index is 12.9. The van der Waals surface area contributed by atoms with E-state index in [0.717, 1.165) is 22.4 Å². The van der Waals surface area contributed by atoms with Crippen LogP contribution in [0.3, 0.4) is 0 Å². The van der Waals surface area contributed by atoms with Gasteiger partial charge in [0.1, 0.15) is 17.5 Å². The Kier molecular flexibility index (Phi) is 6.68. The van der Waals surface area contributed by atoms with Crippen LogP contribution in [0.1, 0.15) is 5.56 Å². The van der Waals surface area contributed by atoms with Crippen LogP contribution < -0.4 is 15.0 Å². The fourth-order valence-electron chi connectivity index (χ4n) is 3.43. The lowest BCUT2D eigenvalue weighted by molar-refractivity contribution is 0.0900.